The monoisotopic (exact) mass is 235 g/mol. The smallest absolute Gasteiger partial charge is 0.0234 e. The Bertz CT molecular complexity index is 569. The van der Waals surface area contributed by atoms with Crippen LogP contribution in [0.25, 0.3) is 5.57 Å². The molecule has 1 heteroatoms. The first-order valence-electron chi connectivity index (χ1n) is 6.43. The maximum Gasteiger partial charge on any atom is 0.0234 e. The van der Waals surface area contributed by atoms with E-state index in [1.165, 1.54) is 22.3 Å². The molecule has 1 unspecified atom stereocenters. The molecule has 2 aromatic rings. The second kappa shape index (κ2) is 4.79. The molecule has 0 aliphatic carbocycles. The molecule has 1 nitrogen and oxygen atoms in total. The Morgan fingerprint density at radius 1 is 0.944 bits per heavy atom. The first-order valence-corrected chi connectivity index (χ1v) is 6.43. The molecule has 0 amide bonds. The van der Waals surface area contributed by atoms with Gasteiger partial charge in [-0.15, -0.1) is 0 Å². The van der Waals surface area contributed by atoms with Gasteiger partial charge in [-0.25, -0.2) is 0 Å². The topological polar surface area (TPSA) is 12.0 Å². The Morgan fingerprint density at radius 2 is 1.67 bits per heavy atom. The van der Waals surface area contributed by atoms with E-state index >= 15 is 0 Å². The molecule has 1 heterocycles. The van der Waals surface area contributed by atoms with Gasteiger partial charge in [0.1, 0.15) is 0 Å². The second-order valence-electron chi connectivity index (χ2n) is 4.77. The standard InChI is InChI=1S/C17H17N/c1-13-11-17(14-7-3-2-4-8-14)16-10-6-5-9-15(16)12-18-13/h2-11,13,18H,12H2,1H3. The average molecular weight is 235 g/mol. The van der Waals surface area contributed by atoms with Crippen molar-refractivity contribution in [3.8, 4) is 0 Å². The molecule has 1 atom stereocenters. The van der Waals surface area contributed by atoms with E-state index in [1.54, 1.807) is 0 Å². The van der Waals surface area contributed by atoms with Crippen molar-refractivity contribution < 1.29 is 0 Å². The average Bonchev–Trinajstić information content (AvgIpc) is 2.60. The molecule has 0 aromatic heterocycles. The second-order valence-corrected chi connectivity index (χ2v) is 4.77. The summed E-state index contributed by atoms with van der Waals surface area (Å²) in [6.07, 6.45) is 2.32. The highest BCUT2D eigenvalue weighted by Gasteiger charge is 2.14. The van der Waals surface area contributed by atoms with Crippen molar-refractivity contribution in [3.63, 3.8) is 0 Å². The van der Waals surface area contributed by atoms with Crippen molar-refractivity contribution in [3.05, 3.63) is 77.4 Å². The van der Waals surface area contributed by atoms with Crippen LogP contribution in [-0.2, 0) is 6.54 Å². The number of hydrogen-bond acceptors (Lipinski definition) is 1. The van der Waals surface area contributed by atoms with E-state index in [2.05, 4.69) is 72.9 Å². The van der Waals surface area contributed by atoms with E-state index in [0.29, 0.717) is 6.04 Å². The highest BCUT2D eigenvalue weighted by molar-refractivity contribution is 5.82. The highest BCUT2D eigenvalue weighted by atomic mass is 14.9. The van der Waals surface area contributed by atoms with Gasteiger partial charge in [-0.05, 0) is 29.2 Å². The molecular weight excluding hydrogens is 218 g/mol. The molecule has 2 aromatic carbocycles. The molecule has 1 aliphatic heterocycles. The number of hydrogen-bond donors (Lipinski definition) is 1. The van der Waals surface area contributed by atoms with E-state index in [-0.39, 0.29) is 0 Å². The van der Waals surface area contributed by atoms with Gasteiger partial charge in [-0.3, -0.25) is 0 Å². The van der Waals surface area contributed by atoms with Crippen LogP contribution in [0.1, 0.15) is 23.6 Å². The molecule has 0 saturated heterocycles. The Morgan fingerprint density at radius 3 is 2.50 bits per heavy atom. The lowest BCUT2D eigenvalue weighted by molar-refractivity contribution is 0.639. The lowest BCUT2D eigenvalue weighted by Crippen LogP contribution is -2.21. The van der Waals surface area contributed by atoms with Gasteiger partial charge in [-0.2, -0.15) is 0 Å². The largest absolute Gasteiger partial charge is 0.307 e. The molecule has 18 heavy (non-hydrogen) atoms. The van der Waals surface area contributed by atoms with Crippen LogP contribution in [0.4, 0.5) is 0 Å². The Hall–Kier alpha value is -1.86. The normalized spacial score (nSPS) is 18.7. The van der Waals surface area contributed by atoms with Crippen LogP contribution in [0.15, 0.2) is 60.7 Å². The molecule has 3 rings (SSSR count). The van der Waals surface area contributed by atoms with E-state index in [4.69, 9.17) is 0 Å². The summed E-state index contributed by atoms with van der Waals surface area (Å²) in [5, 5.41) is 3.52. The van der Waals surface area contributed by atoms with Crippen LogP contribution in [0.5, 0.6) is 0 Å². The Labute approximate surface area is 108 Å². The first kappa shape index (κ1) is 11.2. The van der Waals surface area contributed by atoms with Crippen LogP contribution in [0.3, 0.4) is 0 Å². The predicted molar refractivity (Wildman–Crippen MR) is 76.3 cm³/mol. The molecule has 0 saturated carbocycles. The van der Waals surface area contributed by atoms with Gasteiger partial charge >= 0.3 is 0 Å². The summed E-state index contributed by atoms with van der Waals surface area (Å²) in [6, 6.07) is 19.7. The van der Waals surface area contributed by atoms with Gasteiger partial charge in [0.05, 0.1) is 0 Å². The summed E-state index contributed by atoms with van der Waals surface area (Å²) in [5.74, 6) is 0. The molecular formula is C17H17N. The molecule has 90 valence electrons. The molecule has 1 aliphatic rings. The number of benzene rings is 2. The summed E-state index contributed by atoms with van der Waals surface area (Å²) < 4.78 is 0. The highest BCUT2D eigenvalue weighted by Crippen LogP contribution is 2.28. The summed E-state index contributed by atoms with van der Waals surface area (Å²) in [7, 11) is 0. The SMILES string of the molecule is CC1C=C(c2ccccc2)c2ccccc2CN1. The van der Waals surface area contributed by atoms with Gasteiger partial charge < -0.3 is 5.32 Å². The first-order chi connectivity index (χ1) is 8.84. The van der Waals surface area contributed by atoms with Gasteiger partial charge in [0.25, 0.3) is 0 Å². The predicted octanol–water partition coefficient (Wildman–Crippen LogP) is 3.61. The fraction of sp³-hybridized carbons (Fsp3) is 0.176. The zero-order valence-corrected chi connectivity index (χ0v) is 10.6. The van der Waals surface area contributed by atoms with Crippen LogP contribution < -0.4 is 5.32 Å². The van der Waals surface area contributed by atoms with Crippen molar-refractivity contribution >= 4 is 5.57 Å². The van der Waals surface area contributed by atoms with Crippen molar-refractivity contribution in [1.82, 2.24) is 5.32 Å². The maximum atomic E-state index is 3.52. The summed E-state index contributed by atoms with van der Waals surface area (Å²) in [6.45, 7) is 3.14. The number of nitrogens with one attached hydrogen (secondary N) is 1. The van der Waals surface area contributed by atoms with Crippen LogP contribution in [-0.4, -0.2) is 6.04 Å². The lowest BCUT2D eigenvalue weighted by atomic mass is 9.94. The minimum absolute atomic E-state index is 0.396. The molecule has 0 radical (unpaired) electrons. The van der Waals surface area contributed by atoms with Crippen molar-refractivity contribution in [2.45, 2.75) is 19.5 Å². The van der Waals surface area contributed by atoms with E-state index < -0.39 is 0 Å². The molecule has 0 spiro atoms. The van der Waals surface area contributed by atoms with Crippen LogP contribution in [0, 0.1) is 0 Å². The minimum Gasteiger partial charge on any atom is -0.307 e. The van der Waals surface area contributed by atoms with E-state index in [9.17, 15) is 0 Å². The molecule has 0 bridgehead atoms. The Balaban J connectivity index is 2.16. The zero-order valence-electron chi connectivity index (χ0n) is 10.6. The minimum atomic E-state index is 0.396. The van der Waals surface area contributed by atoms with Crippen molar-refractivity contribution in [1.29, 1.82) is 0 Å². The van der Waals surface area contributed by atoms with Gasteiger partial charge in [-0.1, -0.05) is 60.7 Å². The van der Waals surface area contributed by atoms with Crippen LogP contribution in [0.2, 0.25) is 0 Å². The Kier molecular flexibility index (Phi) is 2.99. The number of rotatable bonds is 1. The van der Waals surface area contributed by atoms with E-state index in [1.807, 2.05) is 0 Å². The summed E-state index contributed by atoms with van der Waals surface area (Å²) in [4.78, 5) is 0. The van der Waals surface area contributed by atoms with Crippen molar-refractivity contribution in [2.24, 2.45) is 0 Å². The molecule has 1 N–H and O–H groups in total. The summed E-state index contributed by atoms with van der Waals surface area (Å²) in [5.41, 5.74) is 5.35. The fourth-order valence-electron chi connectivity index (χ4n) is 2.48. The number of fused-ring (bicyclic) bond motifs is 1. The van der Waals surface area contributed by atoms with E-state index in [0.717, 1.165) is 6.54 Å². The summed E-state index contributed by atoms with van der Waals surface area (Å²) >= 11 is 0. The lowest BCUT2D eigenvalue weighted by Gasteiger charge is -2.10. The van der Waals surface area contributed by atoms with Gasteiger partial charge in [0.15, 0.2) is 0 Å². The quantitative estimate of drug-likeness (QED) is 0.796. The van der Waals surface area contributed by atoms with Gasteiger partial charge in [0.2, 0.25) is 0 Å². The third-order valence-corrected chi connectivity index (χ3v) is 3.42. The fourth-order valence-corrected chi connectivity index (χ4v) is 2.48. The molecule has 0 fully saturated rings. The third-order valence-electron chi connectivity index (χ3n) is 3.42. The van der Waals surface area contributed by atoms with Crippen molar-refractivity contribution in [2.75, 3.05) is 0 Å². The zero-order chi connectivity index (χ0) is 12.4. The third kappa shape index (κ3) is 2.09. The van der Waals surface area contributed by atoms with Gasteiger partial charge in [0, 0.05) is 12.6 Å². The maximum absolute atomic E-state index is 3.52. The van der Waals surface area contributed by atoms with Crippen LogP contribution >= 0.6 is 0 Å².